The third-order valence-electron chi connectivity index (χ3n) is 3.04. The summed E-state index contributed by atoms with van der Waals surface area (Å²) in [7, 11) is 1.59. The molecule has 2 unspecified atom stereocenters. The number of rotatable bonds is 4. The van der Waals surface area contributed by atoms with Gasteiger partial charge in [-0.1, -0.05) is 6.92 Å². The van der Waals surface area contributed by atoms with E-state index < -0.39 is 11.2 Å². The minimum absolute atomic E-state index is 0.0208. The van der Waals surface area contributed by atoms with E-state index in [9.17, 15) is 5.11 Å². The summed E-state index contributed by atoms with van der Waals surface area (Å²) in [5.41, 5.74) is 4.04. The molecule has 3 nitrogen and oxygen atoms in total. The van der Waals surface area contributed by atoms with Gasteiger partial charge in [0.05, 0.1) is 11.2 Å². The predicted octanol–water partition coefficient (Wildman–Crippen LogP) is 0.757. The number of nitrogens with two attached hydrogens (primary N) is 1. The van der Waals surface area contributed by atoms with E-state index in [0.29, 0.717) is 6.54 Å². The van der Waals surface area contributed by atoms with Crippen LogP contribution in [0.3, 0.4) is 0 Å². The Morgan fingerprint density at radius 1 is 1.42 bits per heavy atom. The van der Waals surface area contributed by atoms with Crippen LogP contribution in [-0.4, -0.2) is 30.0 Å². The smallest absolute Gasteiger partial charge is 0.0939 e. The first-order valence-electron chi connectivity index (χ1n) is 4.27. The quantitative estimate of drug-likeness (QED) is 0.663. The lowest BCUT2D eigenvalue weighted by molar-refractivity contribution is -0.163. The van der Waals surface area contributed by atoms with Gasteiger partial charge in [-0.25, -0.2) is 0 Å². The van der Waals surface area contributed by atoms with Crippen molar-refractivity contribution in [1.82, 2.24) is 0 Å². The lowest BCUT2D eigenvalue weighted by atomic mass is 9.78. The molecule has 0 saturated carbocycles. The van der Waals surface area contributed by atoms with Crippen molar-refractivity contribution in [3.05, 3.63) is 0 Å². The number of ether oxygens (including phenoxy) is 1. The van der Waals surface area contributed by atoms with Gasteiger partial charge in [0.25, 0.3) is 0 Å². The van der Waals surface area contributed by atoms with E-state index >= 15 is 0 Å². The minimum Gasteiger partial charge on any atom is -0.387 e. The average Bonchev–Trinajstić information content (AvgIpc) is 2.02. The first kappa shape index (κ1) is 11.9. The summed E-state index contributed by atoms with van der Waals surface area (Å²) < 4.78 is 5.22. The Morgan fingerprint density at radius 2 is 1.83 bits per heavy atom. The molecule has 0 aliphatic rings. The highest BCUT2D eigenvalue weighted by molar-refractivity contribution is 4.95. The van der Waals surface area contributed by atoms with Crippen molar-refractivity contribution in [2.75, 3.05) is 13.7 Å². The summed E-state index contributed by atoms with van der Waals surface area (Å²) in [5.74, 6) is 0.0208. The van der Waals surface area contributed by atoms with Crippen LogP contribution >= 0.6 is 0 Å². The third kappa shape index (κ3) is 1.97. The Morgan fingerprint density at radius 3 is 2.08 bits per heavy atom. The van der Waals surface area contributed by atoms with E-state index in [4.69, 9.17) is 10.5 Å². The number of methoxy groups -OCH3 is 1. The van der Waals surface area contributed by atoms with Crippen molar-refractivity contribution >= 4 is 0 Å². The van der Waals surface area contributed by atoms with Crippen molar-refractivity contribution in [3.63, 3.8) is 0 Å². The average molecular weight is 175 g/mol. The van der Waals surface area contributed by atoms with Crippen molar-refractivity contribution in [2.45, 2.75) is 38.9 Å². The first-order chi connectivity index (χ1) is 5.29. The van der Waals surface area contributed by atoms with Crippen LogP contribution in [0.2, 0.25) is 0 Å². The predicted molar refractivity (Wildman–Crippen MR) is 49.9 cm³/mol. The Labute approximate surface area is 74.9 Å². The van der Waals surface area contributed by atoms with Crippen LogP contribution in [0.1, 0.15) is 27.7 Å². The molecule has 12 heavy (non-hydrogen) atoms. The molecule has 0 amide bonds. The highest BCUT2D eigenvalue weighted by Gasteiger charge is 2.43. The van der Waals surface area contributed by atoms with Gasteiger partial charge in [0.1, 0.15) is 0 Å². The Bertz CT molecular complexity index is 143. The van der Waals surface area contributed by atoms with E-state index in [-0.39, 0.29) is 5.92 Å². The van der Waals surface area contributed by atoms with Gasteiger partial charge >= 0.3 is 0 Å². The van der Waals surface area contributed by atoms with Gasteiger partial charge in [-0.15, -0.1) is 0 Å². The molecule has 0 aliphatic carbocycles. The molecule has 0 radical (unpaired) electrons. The molecule has 0 heterocycles. The Balaban J connectivity index is 4.58. The van der Waals surface area contributed by atoms with Gasteiger partial charge < -0.3 is 15.6 Å². The minimum atomic E-state index is -0.892. The molecule has 0 rings (SSSR count). The van der Waals surface area contributed by atoms with Gasteiger partial charge in [0, 0.05) is 7.11 Å². The number of aliphatic hydroxyl groups is 1. The maximum absolute atomic E-state index is 10.1. The molecular formula is C9H21NO2. The second-order valence-corrected chi connectivity index (χ2v) is 4.00. The van der Waals surface area contributed by atoms with E-state index in [1.165, 1.54) is 0 Å². The largest absolute Gasteiger partial charge is 0.387 e. The molecule has 74 valence electrons. The summed E-state index contributed by atoms with van der Waals surface area (Å²) in [6.07, 6.45) is 0. The van der Waals surface area contributed by atoms with Gasteiger partial charge in [0.15, 0.2) is 0 Å². The van der Waals surface area contributed by atoms with Gasteiger partial charge in [-0.05, 0) is 33.2 Å². The zero-order valence-electron chi connectivity index (χ0n) is 8.72. The standard InChI is InChI=1S/C9H21NO2/c1-7(6-10)9(4,11)8(2,3)12-5/h7,11H,6,10H2,1-5H3. The molecule has 3 N–H and O–H groups in total. The molecule has 0 aliphatic heterocycles. The molecular weight excluding hydrogens is 154 g/mol. The topological polar surface area (TPSA) is 55.5 Å². The summed E-state index contributed by atoms with van der Waals surface area (Å²) in [5, 5.41) is 10.1. The molecule has 0 fully saturated rings. The molecule has 0 bridgehead atoms. The maximum atomic E-state index is 10.1. The number of hydrogen-bond donors (Lipinski definition) is 2. The summed E-state index contributed by atoms with van der Waals surface area (Å²) in [6.45, 7) is 7.85. The highest BCUT2D eigenvalue weighted by Crippen LogP contribution is 2.31. The molecule has 0 spiro atoms. The van der Waals surface area contributed by atoms with Crippen LogP contribution in [0, 0.1) is 5.92 Å². The zero-order valence-corrected chi connectivity index (χ0v) is 8.72. The molecule has 0 aromatic heterocycles. The lowest BCUT2D eigenvalue weighted by Gasteiger charge is -2.42. The van der Waals surface area contributed by atoms with Crippen molar-refractivity contribution < 1.29 is 9.84 Å². The van der Waals surface area contributed by atoms with E-state index in [0.717, 1.165) is 0 Å². The fraction of sp³-hybridized carbons (Fsp3) is 1.00. The second-order valence-electron chi connectivity index (χ2n) is 4.00. The van der Waals surface area contributed by atoms with Crippen LogP contribution in [0.15, 0.2) is 0 Å². The second kappa shape index (κ2) is 3.73. The summed E-state index contributed by atoms with van der Waals surface area (Å²) in [6, 6.07) is 0. The lowest BCUT2D eigenvalue weighted by Crippen LogP contribution is -2.55. The fourth-order valence-electron chi connectivity index (χ4n) is 1.03. The van der Waals surface area contributed by atoms with Gasteiger partial charge in [-0.2, -0.15) is 0 Å². The molecule has 0 aromatic rings. The molecule has 2 atom stereocenters. The Kier molecular flexibility index (Phi) is 3.69. The normalized spacial score (nSPS) is 20.2. The van der Waals surface area contributed by atoms with E-state index in [1.54, 1.807) is 14.0 Å². The van der Waals surface area contributed by atoms with Crippen molar-refractivity contribution in [1.29, 1.82) is 0 Å². The van der Waals surface area contributed by atoms with Crippen LogP contribution in [0.4, 0.5) is 0 Å². The number of hydrogen-bond acceptors (Lipinski definition) is 3. The zero-order chi connectivity index (χ0) is 9.99. The third-order valence-corrected chi connectivity index (χ3v) is 3.04. The first-order valence-corrected chi connectivity index (χ1v) is 4.27. The monoisotopic (exact) mass is 175 g/mol. The van der Waals surface area contributed by atoms with Crippen molar-refractivity contribution in [2.24, 2.45) is 11.7 Å². The maximum Gasteiger partial charge on any atom is 0.0939 e. The SMILES string of the molecule is COC(C)(C)C(C)(O)C(C)CN. The molecule has 0 aromatic carbocycles. The van der Waals surface area contributed by atoms with Crippen LogP contribution in [0.25, 0.3) is 0 Å². The highest BCUT2D eigenvalue weighted by atomic mass is 16.5. The van der Waals surface area contributed by atoms with Gasteiger partial charge in [0.2, 0.25) is 0 Å². The van der Waals surface area contributed by atoms with Crippen molar-refractivity contribution in [3.8, 4) is 0 Å². The summed E-state index contributed by atoms with van der Waals surface area (Å²) >= 11 is 0. The van der Waals surface area contributed by atoms with Crippen LogP contribution in [0.5, 0.6) is 0 Å². The van der Waals surface area contributed by atoms with E-state index in [1.807, 2.05) is 20.8 Å². The molecule has 0 saturated heterocycles. The van der Waals surface area contributed by atoms with Crippen LogP contribution < -0.4 is 5.73 Å². The Hall–Kier alpha value is -0.120. The molecule has 3 heteroatoms. The van der Waals surface area contributed by atoms with Crippen LogP contribution in [-0.2, 0) is 4.74 Å². The summed E-state index contributed by atoms with van der Waals surface area (Å²) in [4.78, 5) is 0. The van der Waals surface area contributed by atoms with E-state index in [2.05, 4.69) is 0 Å². The fourth-order valence-corrected chi connectivity index (χ4v) is 1.03. The van der Waals surface area contributed by atoms with Gasteiger partial charge in [-0.3, -0.25) is 0 Å².